The Morgan fingerprint density at radius 2 is 1.38 bits per heavy atom. The summed E-state index contributed by atoms with van der Waals surface area (Å²) in [6.45, 7) is 9.08. The quantitative estimate of drug-likeness (QED) is 0.338. The lowest BCUT2D eigenvalue weighted by molar-refractivity contribution is 0.105. The van der Waals surface area contributed by atoms with E-state index < -0.39 is 0 Å². The van der Waals surface area contributed by atoms with Crippen LogP contribution in [0.4, 0.5) is 5.69 Å². The maximum atomic E-state index is 9.75. The molecule has 0 aromatic heterocycles. The molecule has 0 amide bonds. The zero-order chi connectivity index (χ0) is 25.8. The predicted molar refractivity (Wildman–Crippen MR) is 152 cm³/mol. The van der Waals surface area contributed by atoms with E-state index in [-0.39, 0.29) is 6.04 Å². The van der Waals surface area contributed by atoms with Crippen molar-refractivity contribution in [3.8, 4) is 6.07 Å². The van der Waals surface area contributed by atoms with Crippen molar-refractivity contribution >= 4 is 28.9 Å². The van der Waals surface area contributed by atoms with Crippen LogP contribution in [-0.4, -0.2) is 74.1 Å². The summed E-state index contributed by atoms with van der Waals surface area (Å²) >= 11 is 12.4. The number of anilines is 1. The monoisotopic (exact) mass is 533 g/mol. The minimum Gasteiger partial charge on any atom is -0.373 e. The molecular formula is C30H33Cl2N5. The van der Waals surface area contributed by atoms with Crippen molar-refractivity contribution in [1.82, 2.24) is 14.7 Å². The smallest absolute Gasteiger partial charge is 0.0995 e. The Hall–Kier alpha value is -2.59. The van der Waals surface area contributed by atoms with E-state index in [1.165, 1.54) is 29.9 Å². The molecule has 2 fully saturated rings. The molecule has 5 nitrogen and oxygen atoms in total. The van der Waals surface area contributed by atoms with Crippen LogP contribution in [0.1, 0.15) is 28.3 Å². The van der Waals surface area contributed by atoms with Crippen molar-refractivity contribution in [2.45, 2.75) is 12.6 Å². The molecule has 2 heterocycles. The van der Waals surface area contributed by atoms with E-state index in [4.69, 9.17) is 23.2 Å². The van der Waals surface area contributed by atoms with Crippen LogP contribution in [0.2, 0.25) is 10.0 Å². The van der Waals surface area contributed by atoms with Crippen LogP contribution >= 0.6 is 23.2 Å². The topological polar surface area (TPSA) is 36.5 Å². The SMILES string of the molecule is CN(CCN1CC1)c1ccc(C#N)c(CN2CCN(C(c3ccc(Cl)cc3)c3ccc(Cl)cc3)CC2)c1. The number of hydrogen-bond donors (Lipinski definition) is 0. The van der Waals surface area contributed by atoms with Gasteiger partial charge < -0.3 is 4.90 Å². The molecule has 2 saturated heterocycles. The Bertz CT molecular complexity index is 1180. The zero-order valence-corrected chi connectivity index (χ0v) is 22.8. The van der Waals surface area contributed by atoms with E-state index in [2.05, 4.69) is 69.1 Å². The molecule has 192 valence electrons. The first-order chi connectivity index (χ1) is 18.0. The number of hydrogen-bond acceptors (Lipinski definition) is 5. The standard InChI is InChI=1S/C30H33Cl2N5/c1-34(12-13-35-14-15-35)29-11-6-25(21-33)26(20-29)22-36-16-18-37(19-17-36)30(23-2-7-27(31)8-3-23)24-4-9-28(32)10-5-24/h2-11,20,30H,12-19,22H2,1H3. The Labute approximate surface area is 230 Å². The lowest BCUT2D eigenvalue weighted by atomic mass is 9.96. The largest absolute Gasteiger partial charge is 0.373 e. The van der Waals surface area contributed by atoms with Crippen molar-refractivity contribution < 1.29 is 0 Å². The van der Waals surface area contributed by atoms with Crippen molar-refractivity contribution in [2.75, 3.05) is 64.3 Å². The van der Waals surface area contributed by atoms with Crippen LogP contribution in [0.25, 0.3) is 0 Å². The van der Waals surface area contributed by atoms with Crippen LogP contribution in [0, 0.1) is 11.3 Å². The molecule has 7 heteroatoms. The predicted octanol–water partition coefficient (Wildman–Crippen LogP) is 5.52. The van der Waals surface area contributed by atoms with Gasteiger partial charge in [-0.1, -0.05) is 47.5 Å². The van der Waals surface area contributed by atoms with E-state index in [1.807, 2.05) is 30.3 Å². The lowest BCUT2D eigenvalue weighted by Gasteiger charge is -2.40. The summed E-state index contributed by atoms with van der Waals surface area (Å²) in [5.41, 5.74) is 5.51. The first kappa shape index (κ1) is 26.0. The fraction of sp³-hybridized carbons (Fsp3) is 0.367. The Morgan fingerprint density at radius 1 is 0.811 bits per heavy atom. The summed E-state index contributed by atoms with van der Waals surface area (Å²) in [7, 11) is 2.14. The van der Waals surface area contributed by atoms with Crippen LogP contribution in [0.3, 0.4) is 0 Å². The molecule has 0 bridgehead atoms. The summed E-state index contributed by atoms with van der Waals surface area (Å²) in [6.07, 6.45) is 0. The first-order valence-corrected chi connectivity index (χ1v) is 13.7. The minimum atomic E-state index is 0.144. The third-order valence-corrected chi connectivity index (χ3v) is 7.98. The highest BCUT2D eigenvalue weighted by atomic mass is 35.5. The highest BCUT2D eigenvalue weighted by molar-refractivity contribution is 6.30. The Balaban J connectivity index is 1.27. The second-order valence-corrected chi connectivity index (χ2v) is 10.9. The van der Waals surface area contributed by atoms with Gasteiger partial charge in [-0.05, 0) is 59.2 Å². The number of benzene rings is 3. The van der Waals surface area contributed by atoms with Crippen molar-refractivity contribution in [2.24, 2.45) is 0 Å². The number of halogens is 2. The molecule has 0 spiro atoms. The van der Waals surface area contributed by atoms with E-state index in [0.717, 1.165) is 67.0 Å². The van der Waals surface area contributed by atoms with Gasteiger partial charge in [-0.15, -0.1) is 0 Å². The molecule has 3 aromatic carbocycles. The van der Waals surface area contributed by atoms with Crippen LogP contribution < -0.4 is 4.90 Å². The molecule has 0 aliphatic carbocycles. The molecular weight excluding hydrogens is 501 g/mol. The highest BCUT2D eigenvalue weighted by Crippen LogP contribution is 2.32. The average Bonchev–Trinajstić information content (AvgIpc) is 3.75. The van der Waals surface area contributed by atoms with Crippen molar-refractivity contribution in [3.63, 3.8) is 0 Å². The Morgan fingerprint density at radius 3 is 1.92 bits per heavy atom. The summed E-state index contributed by atoms with van der Waals surface area (Å²) in [4.78, 5) is 9.73. The average molecular weight is 535 g/mol. The summed E-state index contributed by atoms with van der Waals surface area (Å²) in [5.74, 6) is 0. The van der Waals surface area contributed by atoms with Gasteiger partial charge in [0.15, 0.2) is 0 Å². The molecule has 2 aliphatic heterocycles. The second kappa shape index (κ2) is 11.9. The maximum absolute atomic E-state index is 9.75. The van der Waals surface area contributed by atoms with Crippen molar-refractivity contribution in [1.29, 1.82) is 5.26 Å². The molecule has 5 rings (SSSR count). The van der Waals surface area contributed by atoms with Gasteiger partial charge in [0.05, 0.1) is 17.7 Å². The van der Waals surface area contributed by atoms with Gasteiger partial charge in [0, 0.05) is 81.7 Å². The van der Waals surface area contributed by atoms with Crippen LogP contribution in [-0.2, 0) is 6.54 Å². The van der Waals surface area contributed by atoms with E-state index in [9.17, 15) is 5.26 Å². The van der Waals surface area contributed by atoms with Gasteiger partial charge >= 0.3 is 0 Å². The molecule has 37 heavy (non-hydrogen) atoms. The van der Waals surface area contributed by atoms with Gasteiger partial charge in [-0.3, -0.25) is 14.7 Å². The molecule has 0 saturated carbocycles. The molecule has 0 unspecified atom stereocenters. The molecule has 3 aromatic rings. The zero-order valence-electron chi connectivity index (χ0n) is 21.3. The van der Waals surface area contributed by atoms with Gasteiger partial charge in [0.2, 0.25) is 0 Å². The summed E-state index contributed by atoms with van der Waals surface area (Å²) < 4.78 is 0. The van der Waals surface area contributed by atoms with Gasteiger partial charge in [-0.25, -0.2) is 0 Å². The fourth-order valence-electron chi connectivity index (χ4n) is 5.10. The maximum Gasteiger partial charge on any atom is 0.0995 e. The van der Waals surface area contributed by atoms with Gasteiger partial charge in [0.1, 0.15) is 0 Å². The third-order valence-electron chi connectivity index (χ3n) is 7.48. The molecule has 0 atom stereocenters. The number of likely N-dealkylation sites (N-methyl/N-ethyl adjacent to an activating group) is 1. The van der Waals surface area contributed by atoms with Crippen LogP contribution in [0.5, 0.6) is 0 Å². The van der Waals surface area contributed by atoms with Crippen LogP contribution in [0.15, 0.2) is 66.7 Å². The van der Waals surface area contributed by atoms with E-state index in [0.29, 0.717) is 0 Å². The highest BCUT2D eigenvalue weighted by Gasteiger charge is 2.27. The molecule has 2 aliphatic rings. The third kappa shape index (κ3) is 6.65. The molecule has 0 radical (unpaired) electrons. The second-order valence-electron chi connectivity index (χ2n) is 10.0. The molecule has 0 N–H and O–H groups in total. The summed E-state index contributed by atoms with van der Waals surface area (Å²) in [5, 5.41) is 11.2. The number of rotatable bonds is 9. The Kier molecular flexibility index (Phi) is 8.34. The van der Waals surface area contributed by atoms with Gasteiger partial charge in [0.25, 0.3) is 0 Å². The first-order valence-electron chi connectivity index (χ1n) is 12.9. The fourth-order valence-corrected chi connectivity index (χ4v) is 5.35. The van der Waals surface area contributed by atoms with E-state index in [1.54, 1.807) is 0 Å². The van der Waals surface area contributed by atoms with Gasteiger partial charge in [-0.2, -0.15) is 5.26 Å². The minimum absolute atomic E-state index is 0.144. The van der Waals surface area contributed by atoms with E-state index >= 15 is 0 Å². The normalized spacial score (nSPS) is 16.6. The number of nitriles is 1. The van der Waals surface area contributed by atoms with Crippen molar-refractivity contribution in [3.05, 3.63) is 99.0 Å². The number of piperazine rings is 1. The summed E-state index contributed by atoms with van der Waals surface area (Å²) in [6, 6.07) is 25.1. The lowest BCUT2D eigenvalue weighted by Crippen LogP contribution is -2.47. The number of nitrogens with zero attached hydrogens (tertiary/aromatic N) is 5.